The zero-order valence-corrected chi connectivity index (χ0v) is 14.6. The second kappa shape index (κ2) is 6.78. The van der Waals surface area contributed by atoms with Gasteiger partial charge in [0.05, 0.1) is 18.1 Å². The average molecular weight is 353 g/mol. The Balaban J connectivity index is 1.48. The predicted molar refractivity (Wildman–Crippen MR) is 99.9 cm³/mol. The van der Waals surface area contributed by atoms with Crippen molar-refractivity contribution in [2.75, 3.05) is 31.1 Å². The van der Waals surface area contributed by atoms with Gasteiger partial charge in [-0.15, -0.1) is 11.3 Å². The predicted octanol–water partition coefficient (Wildman–Crippen LogP) is 2.11. The molecular weight excluding hydrogens is 334 g/mol. The number of nitrogens with zero attached hydrogens (tertiary/aromatic N) is 4. The molecule has 2 N–H and O–H groups in total. The number of pyridine rings is 1. The number of hydrogen-bond donors (Lipinski definition) is 1. The van der Waals surface area contributed by atoms with Crippen molar-refractivity contribution >= 4 is 33.7 Å². The Morgan fingerprint density at radius 3 is 2.68 bits per heavy atom. The van der Waals surface area contributed by atoms with Gasteiger partial charge in [0, 0.05) is 49.7 Å². The normalized spacial score (nSPS) is 14.9. The third kappa shape index (κ3) is 3.08. The molecule has 0 radical (unpaired) electrons. The Kier molecular flexibility index (Phi) is 4.33. The van der Waals surface area contributed by atoms with Crippen LogP contribution in [0.15, 0.2) is 42.9 Å². The van der Waals surface area contributed by atoms with Gasteiger partial charge in [0.15, 0.2) is 0 Å². The highest BCUT2D eigenvalue weighted by molar-refractivity contribution is 7.13. The van der Waals surface area contributed by atoms with Gasteiger partial charge in [-0.25, -0.2) is 4.98 Å². The number of benzene rings is 1. The third-order valence-corrected chi connectivity index (χ3v) is 5.50. The van der Waals surface area contributed by atoms with Gasteiger partial charge < -0.3 is 15.5 Å². The van der Waals surface area contributed by atoms with Crippen LogP contribution in [0.1, 0.15) is 14.7 Å². The summed E-state index contributed by atoms with van der Waals surface area (Å²) in [5.74, 6) is 0.0490. The summed E-state index contributed by atoms with van der Waals surface area (Å²) in [6.07, 6.45) is 5.43. The van der Waals surface area contributed by atoms with Gasteiger partial charge in [0.1, 0.15) is 9.88 Å². The molecular formula is C18H19N5OS. The molecule has 1 saturated heterocycles. The molecule has 25 heavy (non-hydrogen) atoms. The van der Waals surface area contributed by atoms with Gasteiger partial charge in [-0.3, -0.25) is 9.78 Å². The molecule has 0 atom stereocenters. The second-order valence-corrected chi connectivity index (χ2v) is 7.10. The number of rotatable bonds is 3. The van der Waals surface area contributed by atoms with Gasteiger partial charge in [-0.1, -0.05) is 24.3 Å². The van der Waals surface area contributed by atoms with Crippen LogP contribution in [0.25, 0.3) is 10.8 Å². The first-order valence-electron chi connectivity index (χ1n) is 8.28. The average Bonchev–Trinajstić information content (AvgIpc) is 3.16. The summed E-state index contributed by atoms with van der Waals surface area (Å²) in [7, 11) is 0. The van der Waals surface area contributed by atoms with Crippen LogP contribution in [-0.4, -0.2) is 47.0 Å². The topological polar surface area (TPSA) is 75.3 Å². The quantitative estimate of drug-likeness (QED) is 0.780. The van der Waals surface area contributed by atoms with Crippen molar-refractivity contribution in [3.05, 3.63) is 52.7 Å². The van der Waals surface area contributed by atoms with E-state index in [0.29, 0.717) is 24.5 Å². The number of carbonyl (C=O) groups is 1. The smallest absolute Gasteiger partial charge is 0.265 e. The van der Waals surface area contributed by atoms with Crippen molar-refractivity contribution in [2.24, 2.45) is 5.73 Å². The monoisotopic (exact) mass is 353 g/mol. The lowest BCUT2D eigenvalue weighted by molar-refractivity contribution is 0.0751. The van der Waals surface area contributed by atoms with Crippen molar-refractivity contribution < 1.29 is 4.79 Å². The van der Waals surface area contributed by atoms with E-state index in [1.54, 1.807) is 6.20 Å². The van der Waals surface area contributed by atoms with E-state index in [1.165, 1.54) is 16.7 Å². The maximum atomic E-state index is 12.6. The molecule has 1 aromatic carbocycles. The van der Waals surface area contributed by atoms with Crippen LogP contribution in [0, 0.1) is 0 Å². The first-order chi connectivity index (χ1) is 12.3. The number of fused-ring (bicyclic) bond motifs is 1. The van der Waals surface area contributed by atoms with Gasteiger partial charge in [-0.2, -0.15) is 0 Å². The molecule has 4 rings (SSSR count). The van der Waals surface area contributed by atoms with Crippen molar-refractivity contribution in [1.29, 1.82) is 0 Å². The molecule has 3 heterocycles. The minimum Gasteiger partial charge on any atom is -0.366 e. The number of thiazole rings is 1. The van der Waals surface area contributed by atoms with Crippen molar-refractivity contribution in [2.45, 2.75) is 6.54 Å². The van der Waals surface area contributed by atoms with E-state index in [2.05, 4.69) is 27.0 Å². The molecule has 0 aliphatic carbocycles. The number of hydrogen-bond acceptors (Lipinski definition) is 6. The lowest BCUT2D eigenvalue weighted by Gasteiger charge is -2.36. The number of aromatic nitrogens is 2. The van der Waals surface area contributed by atoms with E-state index < -0.39 is 0 Å². The fraction of sp³-hybridized carbons (Fsp3) is 0.278. The molecule has 7 heteroatoms. The van der Waals surface area contributed by atoms with E-state index in [4.69, 9.17) is 5.73 Å². The van der Waals surface area contributed by atoms with Crippen LogP contribution in [-0.2, 0) is 6.54 Å². The molecule has 1 aliphatic heterocycles. The first kappa shape index (κ1) is 16.0. The van der Waals surface area contributed by atoms with Crippen molar-refractivity contribution in [3.8, 4) is 0 Å². The summed E-state index contributed by atoms with van der Waals surface area (Å²) in [6, 6.07) is 8.26. The molecule has 6 nitrogen and oxygen atoms in total. The maximum Gasteiger partial charge on any atom is 0.265 e. The molecule has 2 aromatic heterocycles. The van der Waals surface area contributed by atoms with Crippen LogP contribution in [0.3, 0.4) is 0 Å². The lowest BCUT2D eigenvalue weighted by atomic mass is 10.1. The Hall–Kier alpha value is -2.51. The molecule has 0 unspecified atom stereocenters. The fourth-order valence-corrected chi connectivity index (χ4v) is 3.93. The highest BCUT2D eigenvalue weighted by Gasteiger charge is 2.24. The van der Waals surface area contributed by atoms with Crippen molar-refractivity contribution in [3.63, 3.8) is 0 Å². The van der Waals surface area contributed by atoms with Gasteiger partial charge in [0.2, 0.25) is 0 Å². The third-order valence-electron chi connectivity index (χ3n) is 4.49. The Labute approximate surface area is 149 Å². The Bertz CT molecular complexity index is 896. The van der Waals surface area contributed by atoms with E-state index in [9.17, 15) is 4.79 Å². The van der Waals surface area contributed by atoms with Crippen molar-refractivity contribution in [1.82, 2.24) is 14.9 Å². The zero-order chi connectivity index (χ0) is 17.2. The lowest BCUT2D eigenvalue weighted by Crippen LogP contribution is -2.48. The number of carbonyl (C=O) groups excluding carboxylic acids is 1. The van der Waals surface area contributed by atoms with Gasteiger partial charge >= 0.3 is 0 Å². The maximum absolute atomic E-state index is 12.6. The van der Waals surface area contributed by atoms with Crippen LogP contribution in [0.5, 0.6) is 0 Å². The molecule has 128 valence electrons. The summed E-state index contributed by atoms with van der Waals surface area (Å²) in [6.45, 7) is 3.35. The molecule has 0 saturated carbocycles. The summed E-state index contributed by atoms with van der Waals surface area (Å²) >= 11 is 1.38. The second-order valence-electron chi connectivity index (χ2n) is 5.98. The van der Waals surface area contributed by atoms with Gasteiger partial charge in [0.25, 0.3) is 5.91 Å². The van der Waals surface area contributed by atoms with Crippen LogP contribution in [0.2, 0.25) is 0 Å². The Morgan fingerprint density at radius 2 is 1.92 bits per heavy atom. The highest BCUT2D eigenvalue weighted by atomic mass is 32.1. The van der Waals surface area contributed by atoms with Gasteiger partial charge in [-0.05, 0) is 0 Å². The number of piperazine rings is 1. The molecule has 0 spiro atoms. The number of nitrogens with two attached hydrogens (primary N) is 1. The van der Waals surface area contributed by atoms with E-state index >= 15 is 0 Å². The highest BCUT2D eigenvalue weighted by Crippen LogP contribution is 2.26. The number of anilines is 1. The number of amides is 1. The SMILES string of the molecule is NCc1ncc(C(=O)N2CCN(c3cncc4ccccc34)CC2)s1. The largest absolute Gasteiger partial charge is 0.366 e. The summed E-state index contributed by atoms with van der Waals surface area (Å²) in [4.78, 5) is 26.0. The molecule has 1 aliphatic rings. The molecule has 3 aromatic rings. The fourth-order valence-electron chi connectivity index (χ4n) is 3.16. The summed E-state index contributed by atoms with van der Waals surface area (Å²) in [5.41, 5.74) is 6.71. The Morgan fingerprint density at radius 1 is 1.12 bits per heavy atom. The van der Waals surface area contributed by atoms with E-state index in [-0.39, 0.29) is 5.91 Å². The van der Waals surface area contributed by atoms with Crippen LogP contribution in [0.4, 0.5) is 5.69 Å². The minimum absolute atomic E-state index is 0.0490. The summed E-state index contributed by atoms with van der Waals surface area (Å²) in [5, 5.41) is 3.13. The summed E-state index contributed by atoms with van der Waals surface area (Å²) < 4.78 is 0. The zero-order valence-electron chi connectivity index (χ0n) is 13.8. The van der Waals surface area contributed by atoms with Crippen LogP contribution < -0.4 is 10.6 Å². The molecule has 0 bridgehead atoms. The first-order valence-corrected chi connectivity index (χ1v) is 9.09. The van der Waals surface area contributed by atoms with E-state index in [1.807, 2.05) is 29.4 Å². The minimum atomic E-state index is 0.0490. The van der Waals surface area contributed by atoms with Crippen LogP contribution >= 0.6 is 11.3 Å². The molecule has 1 fully saturated rings. The van der Waals surface area contributed by atoms with E-state index in [0.717, 1.165) is 29.2 Å². The molecule has 1 amide bonds. The standard InChI is InChI=1S/C18H19N5OS/c19-9-17-21-12-16(25-17)18(24)23-7-5-22(6-8-23)15-11-20-10-13-3-1-2-4-14(13)15/h1-4,10-12H,5-9,19H2.